The van der Waals surface area contributed by atoms with Crippen LogP contribution < -0.4 is 4.90 Å². The van der Waals surface area contributed by atoms with Crippen LogP contribution in [0.5, 0.6) is 0 Å². The summed E-state index contributed by atoms with van der Waals surface area (Å²) in [5.41, 5.74) is 1.73. The molecule has 9 nitrogen and oxygen atoms in total. The Morgan fingerprint density at radius 1 is 1.08 bits per heavy atom. The zero-order valence-corrected chi connectivity index (χ0v) is 21.3. The Hall–Kier alpha value is -3.43. The second-order valence-electron chi connectivity index (χ2n) is 9.32. The predicted octanol–water partition coefficient (Wildman–Crippen LogP) is 3.26. The minimum absolute atomic E-state index is 0.0109. The van der Waals surface area contributed by atoms with Crippen LogP contribution in [0.2, 0.25) is 0 Å². The number of hydrogen-bond donors (Lipinski definition) is 0. The molecule has 4 rings (SSSR count). The van der Waals surface area contributed by atoms with Crippen molar-refractivity contribution in [3.05, 3.63) is 72.2 Å². The van der Waals surface area contributed by atoms with Crippen molar-refractivity contribution in [2.75, 3.05) is 44.8 Å². The molecule has 3 aromatic rings. The summed E-state index contributed by atoms with van der Waals surface area (Å²) in [6, 6.07) is 11.7. The third-order valence-corrected chi connectivity index (χ3v) is 6.48. The van der Waals surface area contributed by atoms with E-state index >= 15 is 0 Å². The number of amides is 2. The number of rotatable bonds is 6. The average Bonchev–Trinajstić information content (AvgIpc) is 3.54. The number of carbonyl (C=O) groups excluding carboxylic acids is 2. The van der Waals surface area contributed by atoms with Gasteiger partial charge in [-0.25, -0.2) is 4.98 Å². The zero-order chi connectivity index (χ0) is 25.5. The molecule has 0 N–H and O–H groups in total. The number of nitrogens with zero attached hydrogens (tertiary/aromatic N) is 5. The van der Waals surface area contributed by atoms with E-state index in [9.17, 15) is 9.59 Å². The highest BCUT2D eigenvalue weighted by Gasteiger charge is 2.26. The molecule has 9 heteroatoms. The van der Waals surface area contributed by atoms with E-state index in [1.54, 1.807) is 23.5 Å². The number of ether oxygens (including phenoxy) is 1. The topological polar surface area (TPSA) is 84.0 Å². The lowest BCUT2D eigenvalue weighted by atomic mass is 10.1. The molecule has 2 amide bonds. The van der Waals surface area contributed by atoms with Crippen LogP contribution in [0.25, 0.3) is 0 Å². The minimum Gasteiger partial charge on any atom is -0.454 e. The molecule has 0 saturated heterocycles. The third kappa shape index (κ3) is 6.22. The summed E-state index contributed by atoms with van der Waals surface area (Å²) in [4.78, 5) is 36.7. The van der Waals surface area contributed by atoms with Gasteiger partial charge in [-0.15, -0.1) is 0 Å². The van der Waals surface area contributed by atoms with Gasteiger partial charge < -0.3 is 23.5 Å². The molecule has 0 bridgehead atoms. The molecule has 0 unspecified atom stereocenters. The first-order valence-corrected chi connectivity index (χ1v) is 12.4. The van der Waals surface area contributed by atoms with E-state index in [0.29, 0.717) is 43.7 Å². The molecule has 3 heterocycles. The fourth-order valence-corrected chi connectivity index (χ4v) is 4.55. The molecule has 0 radical (unpaired) electrons. The quantitative estimate of drug-likeness (QED) is 0.524. The van der Waals surface area contributed by atoms with Gasteiger partial charge in [-0.3, -0.25) is 14.5 Å². The standard InChI is InChI=1S/C27H35N5O4/c1-21(2)30-12-6-13-32(26(33)19-35-3)24-8-5-4-7-22(24)17-31(16-15-30)27(34)25-10-9-23(36-25)18-29-14-11-28-20-29/h4-5,7-11,14,20-21H,6,12-13,15-19H2,1-3H3. The summed E-state index contributed by atoms with van der Waals surface area (Å²) in [5, 5.41) is 0. The monoisotopic (exact) mass is 493 g/mol. The van der Waals surface area contributed by atoms with E-state index in [-0.39, 0.29) is 18.4 Å². The number of methoxy groups -OCH3 is 1. The maximum absolute atomic E-state index is 13.7. The maximum Gasteiger partial charge on any atom is 0.289 e. The summed E-state index contributed by atoms with van der Waals surface area (Å²) < 4.78 is 13.0. The first-order chi connectivity index (χ1) is 17.5. The van der Waals surface area contributed by atoms with Crippen molar-refractivity contribution in [1.29, 1.82) is 0 Å². The Labute approximate surface area is 212 Å². The van der Waals surface area contributed by atoms with Gasteiger partial charge in [0.2, 0.25) is 0 Å². The summed E-state index contributed by atoms with van der Waals surface area (Å²) in [5.74, 6) is 0.739. The summed E-state index contributed by atoms with van der Waals surface area (Å²) in [7, 11) is 1.53. The van der Waals surface area contributed by atoms with Crippen molar-refractivity contribution in [3.8, 4) is 0 Å². The van der Waals surface area contributed by atoms with E-state index < -0.39 is 0 Å². The number of carbonyl (C=O) groups is 2. The highest BCUT2D eigenvalue weighted by atomic mass is 16.5. The molecule has 0 spiro atoms. The number of benzene rings is 1. The van der Waals surface area contributed by atoms with Crippen LogP contribution in [0.15, 0.2) is 59.5 Å². The lowest BCUT2D eigenvalue weighted by Crippen LogP contribution is -2.41. The number of hydrogen-bond acceptors (Lipinski definition) is 6. The number of imidazole rings is 1. The van der Waals surface area contributed by atoms with Gasteiger partial charge in [0, 0.05) is 64.0 Å². The molecule has 1 aromatic carbocycles. The smallest absolute Gasteiger partial charge is 0.289 e. The highest BCUT2D eigenvalue weighted by Crippen LogP contribution is 2.25. The zero-order valence-electron chi connectivity index (χ0n) is 21.3. The predicted molar refractivity (Wildman–Crippen MR) is 137 cm³/mol. The molecule has 0 aliphatic carbocycles. The Kier molecular flexibility index (Phi) is 8.56. The maximum atomic E-state index is 13.7. The summed E-state index contributed by atoms with van der Waals surface area (Å²) in [6.07, 6.45) is 6.10. The summed E-state index contributed by atoms with van der Waals surface area (Å²) in [6.45, 7) is 7.91. The van der Waals surface area contributed by atoms with Crippen molar-refractivity contribution in [2.24, 2.45) is 0 Å². The number of anilines is 1. The number of aromatic nitrogens is 2. The average molecular weight is 494 g/mol. The fraction of sp³-hybridized carbons (Fsp3) is 0.444. The molecular formula is C27H35N5O4. The van der Waals surface area contributed by atoms with Gasteiger partial charge in [0.1, 0.15) is 12.4 Å². The molecule has 0 saturated carbocycles. The van der Waals surface area contributed by atoms with E-state index in [1.165, 1.54) is 7.11 Å². The largest absolute Gasteiger partial charge is 0.454 e. The van der Waals surface area contributed by atoms with E-state index in [2.05, 4.69) is 23.7 Å². The van der Waals surface area contributed by atoms with Crippen LogP contribution in [0.4, 0.5) is 5.69 Å². The molecule has 1 aliphatic rings. The van der Waals surface area contributed by atoms with Crippen LogP contribution in [-0.4, -0.2) is 77.1 Å². The normalized spacial score (nSPS) is 15.6. The molecular weight excluding hydrogens is 458 g/mol. The second-order valence-corrected chi connectivity index (χ2v) is 9.32. The minimum atomic E-state index is -0.167. The van der Waals surface area contributed by atoms with Gasteiger partial charge >= 0.3 is 0 Å². The van der Waals surface area contributed by atoms with Gasteiger partial charge in [0.25, 0.3) is 11.8 Å². The highest BCUT2D eigenvalue weighted by molar-refractivity contribution is 5.95. The Morgan fingerprint density at radius 2 is 1.92 bits per heavy atom. The van der Waals surface area contributed by atoms with Gasteiger partial charge in [-0.2, -0.15) is 0 Å². The molecule has 2 aromatic heterocycles. The molecule has 192 valence electrons. The number of para-hydroxylation sites is 1. The van der Waals surface area contributed by atoms with E-state index in [0.717, 1.165) is 30.8 Å². The van der Waals surface area contributed by atoms with E-state index in [4.69, 9.17) is 9.15 Å². The van der Waals surface area contributed by atoms with Crippen molar-refractivity contribution >= 4 is 17.5 Å². The van der Waals surface area contributed by atoms with Gasteiger partial charge in [-0.05, 0) is 44.0 Å². The van der Waals surface area contributed by atoms with E-state index in [1.807, 2.05) is 46.0 Å². The van der Waals surface area contributed by atoms with Gasteiger partial charge in [0.15, 0.2) is 5.76 Å². The third-order valence-electron chi connectivity index (χ3n) is 6.48. The fourth-order valence-electron chi connectivity index (χ4n) is 4.55. The van der Waals surface area contributed by atoms with Crippen molar-refractivity contribution < 1.29 is 18.7 Å². The first kappa shape index (κ1) is 25.7. The lowest BCUT2D eigenvalue weighted by Gasteiger charge is -2.29. The van der Waals surface area contributed by atoms with Gasteiger partial charge in [-0.1, -0.05) is 18.2 Å². The van der Waals surface area contributed by atoms with Crippen LogP contribution in [0.3, 0.4) is 0 Å². The molecule has 0 atom stereocenters. The van der Waals surface area contributed by atoms with Crippen LogP contribution in [0, 0.1) is 0 Å². The number of furan rings is 1. The first-order valence-electron chi connectivity index (χ1n) is 12.4. The molecule has 1 aliphatic heterocycles. The molecule has 36 heavy (non-hydrogen) atoms. The van der Waals surface area contributed by atoms with Crippen molar-refractivity contribution in [2.45, 2.75) is 39.4 Å². The Bertz CT molecular complexity index is 1140. The summed E-state index contributed by atoms with van der Waals surface area (Å²) >= 11 is 0. The Balaban J connectivity index is 1.63. The lowest BCUT2D eigenvalue weighted by molar-refractivity contribution is -0.122. The van der Waals surface area contributed by atoms with Gasteiger partial charge in [0.05, 0.1) is 12.9 Å². The van der Waals surface area contributed by atoms with Crippen LogP contribution >= 0.6 is 0 Å². The number of fused-ring (bicyclic) bond motifs is 1. The van der Waals surface area contributed by atoms with Crippen LogP contribution in [0.1, 0.15) is 42.1 Å². The van der Waals surface area contributed by atoms with Crippen molar-refractivity contribution in [1.82, 2.24) is 19.4 Å². The van der Waals surface area contributed by atoms with Crippen molar-refractivity contribution in [3.63, 3.8) is 0 Å². The Morgan fingerprint density at radius 3 is 2.67 bits per heavy atom. The SMILES string of the molecule is COCC(=O)N1CCCN(C(C)C)CCN(C(=O)c2ccc(Cn3ccnc3)o2)Cc2ccccc21. The molecule has 0 fully saturated rings. The second kappa shape index (κ2) is 12.0. The van der Waals surface area contributed by atoms with Crippen LogP contribution in [-0.2, 0) is 22.6 Å².